The first-order chi connectivity index (χ1) is 9.33. The fourth-order valence-corrected chi connectivity index (χ4v) is 1.74. The molecule has 0 aliphatic heterocycles. The first-order valence-corrected chi connectivity index (χ1v) is 6.63. The van der Waals surface area contributed by atoms with Crippen LogP contribution in [0.1, 0.15) is 20.3 Å². The van der Waals surface area contributed by atoms with Crippen molar-refractivity contribution in [3.63, 3.8) is 0 Å². The minimum absolute atomic E-state index is 0.655. The summed E-state index contributed by atoms with van der Waals surface area (Å²) in [5.41, 5.74) is 0.964. The van der Waals surface area contributed by atoms with E-state index < -0.39 is 0 Å². The minimum Gasteiger partial charge on any atom is -0.494 e. The van der Waals surface area contributed by atoms with Crippen molar-refractivity contribution >= 4 is 5.82 Å². The Morgan fingerprint density at radius 2 is 2.11 bits per heavy atom. The van der Waals surface area contributed by atoms with E-state index in [9.17, 15) is 0 Å². The Labute approximate surface area is 113 Å². The third-order valence-electron chi connectivity index (χ3n) is 2.61. The Bertz CT molecular complexity index is 528. The molecule has 0 saturated carbocycles. The van der Waals surface area contributed by atoms with Crippen LogP contribution in [-0.2, 0) is 0 Å². The van der Waals surface area contributed by atoms with Crippen LogP contribution in [0.2, 0.25) is 0 Å². The van der Waals surface area contributed by atoms with Gasteiger partial charge >= 0.3 is 0 Å². The predicted octanol–water partition coefficient (Wildman–Crippen LogP) is 3.36. The fourth-order valence-electron chi connectivity index (χ4n) is 1.74. The van der Waals surface area contributed by atoms with Crippen LogP contribution in [0.25, 0.3) is 11.4 Å². The maximum Gasteiger partial charge on any atom is 0.161 e. The molecule has 1 aromatic carbocycles. The van der Waals surface area contributed by atoms with Crippen LogP contribution in [0, 0.1) is 0 Å². The lowest BCUT2D eigenvalue weighted by Gasteiger charge is -2.07. The van der Waals surface area contributed by atoms with E-state index in [4.69, 9.17) is 4.74 Å². The molecule has 1 heterocycles. The highest BCUT2D eigenvalue weighted by molar-refractivity contribution is 5.59. The topological polar surface area (TPSA) is 47.0 Å². The van der Waals surface area contributed by atoms with Crippen molar-refractivity contribution in [3.8, 4) is 17.1 Å². The standard InChI is InChI=1S/C15H19N3O/c1-3-9-16-14-8-10-17-15(18-14)12-6-5-7-13(11-12)19-4-2/h5-8,10-11H,3-4,9H2,1-2H3,(H,16,17,18). The molecule has 0 radical (unpaired) electrons. The van der Waals surface area contributed by atoms with Crippen LogP contribution >= 0.6 is 0 Å². The number of hydrogen-bond donors (Lipinski definition) is 1. The van der Waals surface area contributed by atoms with Gasteiger partial charge in [-0.1, -0.05) is 19.1 Å². The normalized spacial score (nSPS) is 10.2. The molecule has 1 N–H and O–H groups in total. The Morgan fingerprint density at radius 1 is 1.21 bits per heavy atom. The summed E-state index contributed by atoms with van der Waals surface area (Å²) in [7, 11) is 0. The van der Waals surface area contributed by atoms with E-state index in [1.165, 1.54) is 0 Å². The summed E-state index contributed by atoms with van der Waals surface area (Å²) in [5, 5.41) is 3.26. The molecule has 2 rings (SSSR count). The zero-order valence-corrected chi connectivity index (χ0v) is 11.4. The Hall–Kier alpha value is -2.10. The SMILES string of the molecule is CCCNc1ccnc(-c2cccc(OCC)c2)n1. The van der Waals surface area contributed by atoms with Crippen LogP contribution in [0.5, 0.6) is 5.75 Å². The lowest BCUT2D eigenvalue weighted by molar-refractivity contribution is 0.340. The summed E-state index contributed by atoms with van der Waals surface area (Å²) < 4.78 is 5.49. The molecular weight excluding hydrogens is 238 g/mol. The average molecular weight is 257 g/mol. The van der Waals surface area contributed by atoms with Gasteiger partial charge in [-0.2, -0.15) is 0 Å². The third-order valence-corrected chi connectivity index (χ3v) is 2.61. The third kappa shape index (κ3) is 3.68. The minimum atomic E-state index is 0.655. The van der Waals surface area contributed by atoms with Gasteiger partial charge in [0.25, 0.3) is 0 Å². The second kappa shape index (κ2) is 6.73. The van der Waals surface area contributed by atoms with Crippen LogP contribution in [0.3, 0.4) is 0 Å². The lowest BCUT2D eigenvalue weighted by atomic mass is 10.2. The first-order valence-electron chi connectivity index (χ1n) is 6.63. The fraction of sp³-hybridized carbons (Fsp3) is 0.333. The number of nitrogens with one attached hydrogen (secondary N) is 1. The molecule has 2 aromatic rings. The summed E-state index contributed by atoms with van der Waals surface area (Å²) in [4.78, 5) is 8.82. The van der Waals surface area contributed by atoms with E-state index in [0.717, 1.165) is 30.1 Å². The molecule has 100 valence electrons. The molecule has 19 heavy (non-hydrogen) atoms. The maximum atomic E-state index is 5.49. The number of aromatic nitrogens is 2. The van der Waals surface area contributed by atoms with Gasteiger partial charge in [-0.25, -0.2) is 9.97 Å². The number of nitrogens with zero attached hydrogens (tertiary/aromatic N) is 2. The van der Waals surface area contributed by atoms with E-state index in [2.05, 4.69) is 22.2 Å². The quantitative estimate of drug-likeness (QED) is 0.862. The van der Waals surface area contributed by atoms with E-state index in [-0.39, 0.29) is 0 Å². The van der Waals surface area contributed by atoms with Crippen LogP contribution in [0.15, 0.2) is 36.5 Å². The van der Waals surface area contributed by atoms with E-state index in [0.29, 0.717) is 12.4 Å². The van der Waals surface area contributed by atoms with Crippen molar-refractivity contribution in [1.82, 2.24) is 9.97 Å². The van der Waals surface area contributed by atoms with Crippen LogP contribution in [0.4, 0.5) is 5.82 Å². The highest BCUT2D eigenvalue weighted by Gasteiger charge is 2.04. The molecule has 0 atom stereocenters. The van der Waals surface area contributed by atoms with Gasteiger partial charge in [-0.3, -0.25) is 0 Å². The summed E-state index contributed by atoms with van der Waals surface area (Å²) in [6.07, 6.45) is 2.84. The second-order valence-electron chi connectivity index (χ2n) is 4.15. The van der Waals surface area contributed by atoms with E-state index in [1.807, 2.05) is 37.3 Å². The second-order valence-corrected chi connectivity index (χ2v) is 4.15. The van der Waals surface area contributed by atoms with Gasteiger partial charge < -0.3 is 10.1 Å². The molecule has 0 aliphatic carbocycles. The zero-order valence-electron chi connectivity index (χ0n) is 11.4. The molecule has 4 nitrogen and oxygen atoms in total. The van der Waals surface area contributed by atoms with Gasteiger partial charge in [0.2, 0.25) is 0 Å². The summed E-state index contributed by atoms with van der Waals surface area (Å²) >= 11 is 0. The smallest absolute Gasteiger partial charge is 0.161 e. The molecule has 0 fully saturated rings. The Balaban J connectivity index is 2.23. The van der Waals surface area contributed by atoms with Gasteiger partial charge in [0.15, 0.2) is 5.82 Å². The van der Waals surface area contributed by atoms with Crippen molar-refractivity contribution in [1.29, 1.82) is 0 Å². The van der Waals surface area contributed by atoms with Gasteiger partial charge in [0.05, 0.1) is 6.61 Å². The van der Waals surface area contributed by atoms with E-state index >= 15 is 0 Å². The van der Waals surface area contributed by atoms with Crippen LogP contribution < -0.4 is 10.1 Å². The van der Waals surface area contributed by atoms with Gasteiger partial charge in [-0.15, -0.1) is 0 Å². The van der Waals surface area contributed by atoms with Crippen molar-refractivity contribution in [3.05, 3.63) is 36.5 Å². The molecule has 0 aliphatic rings. The summed E-state index contributed by atoms with van der Waals surface area (Å²) in [6, 6.07) is 9.72. The molecule has 1 aromatic heterocycles. The first kappa shape index (κ1) is 13.3. The molecule has 0 unspecified atom stereocenters. The van der Waals surface area contributed by atoms with Crippen molar-refractivity contribution in [2.24, 2.45) is 0 Å². The zero-order chi connectivity index (χ0) is 13.5. The van der Waals surface area contributed by atoms with E-state index in [1.54, 1.807) is 6.20 Å². The molecule has 0 amide bonds. The lowest BCUT2D eigenvalue weighted by Crippen LogP contribution is -2.03. The summed E-state index contributed by atoms with van der Waals surface area (Å²) in [5.74, 6) is 2.41. The molecule has 0 bridgehead atoms. The largest absolute Gasteiger partial charge is 0.494 e. The Morgan fingerprint density at radius 3 is 2.89 bits per heavy atom. The Kier molecular flexibility index (Phi) is 4.72. The molecular formula is C15H19N3O. The highest BCUT2D eigenvalue weighted by atomic mass is 16.5. The number of anilines is 1. The van der Waals surface area contributed by atoms with Crippen LogP contribution in [-0.4, -0.2) is 23.1 Å². The molecule has 4 heteroatoms. The molecule has 0 spiro atoms. The molecule has 0 saturated heterocycles. The van der Waals surface area contributed by atoms with Crippen molar-refractivity contribution < 1.29 is 4.74 Å². The monoisotopic (exact) mass is 257 g/mol. The van der Waals surface area contributed by atoms with Gasteiger partial charge in [0, 0.05) is 18.3 Å². The highest BCUT2D eigenvalue weighted by Crippen LogP contribution is 2.21. The number of benzene rings is 1. The summed E-state index contributed by atoms with van der Waals surface area (Å²) in [6.45, 7) is 5.66. The maximum absolute atomic E-state index is 5.49. The number of rotatable bonds is 6. The average Bonchev–Trinajstić information content (AvgIpc) is 2.46. The number of hydrogen-bond acceptors (Lipinski definition) is 4. The van der Waals surface area contributed by atoms with Gasteiger partial charge in [0.1, 0.15) is 11.6 Å². The number of ether oxygens (including phenoxy) is 1. The van der Waals surface area contributed by atoms with Crippen molar-refractivity contribution in [2.45, 2.75) is 20.3 Å². The predicted molar refractivity (Wildman–Crippen MR) is 77.4 cm³/mol. The van der Waals surface area contributed by atoms with Crippen molar-refractivity contribution in [2.75, 3.05) is 18.5 Å². The van der Waals surface area contributed by atoms with Gasteiger partial charge in [-0.05, 0) is 31.5 Å².